The Balaban J connectivity index is 1.68. The molecule has 1 aromatic rings. The second kappa shape index (κ2) is 4.73. The van der Waals surface area contributed by atoms with Crippen molar-refractivity contribution >= 4 is 34.5 Å². The van der Waals surface area contributed by atoms with Crippen LogP contribution < -0.4 is 5.32 Å². The Labute approximate surface area is 117 Å². The number of halogens is 2. The van der Waals surface area contributed by atoms with Crippen molar-refractivity contribution in [3.05, 3.63) is 20.3 Å². The molecule has 1 heterocycles. The molecular weight excluding hydrogens is 273 g/mol. The molecule has 3 rings (SSSR count). The summed E-state index contributed by atoms with van der Waals surface area (Å²) in [4.78, 5) is 0. The Bertz CT molecular complexity index is 398. The van der Waals surface area contributed by atoms with E-state index >= 15 is 0 Å². The van der Waals surface area contributed by atoms with Crippen molar-refractivity contribution in [3.8, 4) is 0 Å². The number of hydrogen-bond acceptors (Lipinski definition) is 2. The zero-order valence-electron chi connectivity index (χ0n) is 9.88. The molecule has 2 saturated carbocycles. The van der Waals surface area contributed by atoms with E-state index in [1.807, 2.05) is 6.07 Å². The average Bonchev–Trinajstić information content (AvgIpc) is 3.13. The summed E-state index contributed by atoms with van der Waals surface area (Å²) in [6.45, 7) is 2.20. The van der Waals surface area contributed by atoms with Crippen molar-refractivity contribution in [1.82, 2.24) is 5.32 Å². The fraction of sp³-hybridized carbons (Fsp3) is 0.692. The first-order valence-corrected chi connectivity index (χ1v) is 7.93. The molecule has 0 radical (unpaired) electrons. The van der Waals surface area contributed by atoms with Gasteiger partial charge in [-0.15, -0.1) is 11.3 Å². The van der Waals surface area contributed by atoms with Crippen molar-refractivity contribution in [2.75, 3.05) is 0 Å². The van der Waals surface area contributed by atoms with Crippen molar-refractivity contribution in [1.29, 1.82) is 0 Å². The summed E-state index contributed by atoms with van der Waals surface area (Å²) < 4.78 is 1.62. The Morgan fingerprint density at radius 3 is 2.24 bits per heavy atom. The second-order valence-electron chi connectivity index (χ2n) is 5.37. The van der Waals surface area contributed by atoms with Gasteiger partial charge in [0.1, 0.15) is 0 Å². The molecule has 1 aromatic heterocycles. The summed E-state index contributed by atoms with van der Waals surface area (Å²) >= 11 is 13.7. The minimum absolute atomic E-state index is 0.317. The van der Waals surface area contributed by atoms with Crippen LogP contribution in [-0.2, 0) is 0 Å². The Morgan fingerprint density at radius 1 is 1.24 bits per heavy atom. The third-order valence-corrected chi connectivity index (χ3v) is 5.37. The van der Waals surface area contributed by atoms with Crippen molar-refractivity contribution in [2.45, 2.75) is 44.7 Å². The highest BCUT2D eigenvalue weighted by molar-refractivity contribution is 7.20. The average molecular weight is 290 g/mol. The molecule has 2 fully saturated rings. The maximum absolute atomic E-state index is 6.21. The Kier molecular flexibility index (Phi) is 3.42. The van der Waals surface area contributed by atoms with Crippen LogP contribution in [0.15, 0.2) is 6.07 Å². The van der Waals surface area contributed by atoms with Gasteiger partial charge in [0.25, 0.3) is 0 Å². The monoisotopic (exact) mass is 289 g/mol. The van der Waals surface area contributed by atoms with E-state index in [0.717, 1.165) is 26.1 Å². The van der Waals surface area contributed by atoms with Gasteiger partial charge in [0, 0.05) is 12.1 Å². The van der Waals surface area contributed by atoms with E-state index in [1.165, 1.54) is 37.0 Å². The van der Waals surface area contributed by atoms with Gasteiger partial charge in [-0.05, 0) is 56.1 Å². The minimum Gasteiger partial charge on any atom is -0.307 e. The topological polar surface area (TPSA) is 12.0 Å². The first-order chi connectivity index (χ1) is 8.15. The molecule has 0 spiro atoms. The van der Waals surface area contributed by atoms with Gasteiger partial charge in [0.15, 0.2) is 0 Å². The fourth-order valence-electron chi connectivity index (χ4n) is 2.59. The summed E-state index contributed by atoms with van der Waals surface area (Å²) in [7, 11) is 0. The maximum atomic E-state index is 6.21. The van der Waals surface area contributed by atoms with Gasteiger partial charge < -0.3 is 5.32 Å². The second-order valence-corrected chi connectivity index (χ2v) is 7.65. The van der Waals surface area contributed by atoms with Crippen LogP contribution in [0.3, 0.4) is 0 Å². The van der Waals surface area contributed by atoms with Gasteiger partial charge in [-0.25, -0.2) is 0 Å². The quantitative estimate of drug-likeness (QED) is 0.813. The van der Waals surface area contributed by atoms with Gasteiger partial charge in [-0.2, -0.15) is 0 Å². The molecule has 0 bridgehead atoms. The summed E-state index contributed by atoms with van der Waals surface area (Å²) in [5.74, 6) is 1.83. The normalized spacial score (nSPS) is 22.1. The molecule has 4 heteroatoms. The smallest absolute Gasteiger partial charge is 0.0991 e. The zero-order chi connectivity index (χ0) is 12.0. The van der Waals surface area contributed by atoms with Gasteiger partial charge >= 0.3 is 0 Å². The van der Waals surface area contributed by atoms with E-state index < -0.39 is 0 Å². The van der Waals surface area contributed by atoms with Crippen LogP contribution in [0.25, 0.3) is 0 Å². The first-order valence-electron chi connectivity index (χ1n) is 6.36. The Hall–Kier alpha value is 0.240. The SMILES string of the molecule is CC(NC(C1CC1)C1CC1)c1cc(Cl)sc1Cl. The molecule has 1 atom stereocenters. The molecule has 0 aliphatic heterocycles. The zero-order valence-corrected chi connectivity index (χ0v) is 12.2. The summed E-state index contributed by atoms with van der Waals surface area (Å²) in [5, 5.41) is 3.77. The lowest BCUT2D eigenvalue weighted by atomic mass is 10.0. The number of rotatable bonds is 5. The molecular formula is C13H17Cl2NS. The van der Waals surface area contributed by atoms with E-state index in [2.05, 4.69) is 12.2 Å². The van der Waals surface area contributed by atoms with Crippen LogP contribution in [-0.4, -0.2) is 6.04 Å². The van der Waals surface area contributed by atoms with E-state index in [1.54, 1.807) is 0 Å². The molecule has 1 unspecified atom stereocenters. The minimum atomic E-state index is 0.317. The van der Waals surface area contributed by atoms with Crippen LogP contribution in [0.1, 0.15) is 44.2 Å². The summed E-state index contributed by atoms with van der Waals surface area (Å²) in [6.07, 6.45) is 5.61. The van der Waals surface area contributed by atoms with Crippen molar-refractivity contribution in [2.24, 2.45) is 11.8 Å². The molecule has 94 valence electrons. The first kappa shape index (κ1) is 12.3. The molecule has 0 amide bonds. The lowest BCUT2D eigenvalue weighted by Crippen LogP contribution is -2.35. The van der Waals surface area contributed by atoms with Crippen LogP contribution in [0.4, 0.5) is 0 Å². The highest BCUT2D eigenvalue weighted by atomic mass is 35.5. The Morgan fingerprint density at radius 2 is 1.82 bits per heavy atom. The fourth-order valence-corrected chi connectivity index (χ4v) is 4.24. The predicted octanol–water partition coefficient (Wildman–Crippen LogP) is 4.89. The van der Waals surface area contributed by atoms with Crippen molar-refractivity contribution in [3.63, 3.8) is 0 Å². The van der Waals surface area contributed by atoms with Gasteiger partial charge in [-0.3, -0.25) is 0 Å². The third-order valence-electron chi connectivity index (χ3n) is 3.85. The standard InChI is InChI=1S/C13H17Cl2NS/c1-7(10-6-11(14)17-13(10)15)16-12(8-2-3-8)9-4-5-9/h6-9,12,16H,2-5H2,1H3. The molecule has 0 aromatic carbocycles. The maximum Gasteiger partial charge on any atom is 0.0991 e. The highest BCUT2D eigenvalue weighted by Crippen LogP contribution is 2.46. The summed E-state index contributed by atoms with van der Waals surface area (Å²) in [6, 6.07) is 3.03. The van der Waals surface area contributed by atoms with E-state index in [0.29, 0.717) is 12.1 Å². The molecule has 2 aliphatic rings. The van der Waals surface area contributed by atoms with E-state index in [4.69, 9.17) is 23.2 Å². The number of nitrogens with one attached hydrogen (secondary N) is 1. The molecule has 0 saturated heterocycles. The third kappa shape index (κ3) is 2.81. The van der Waals surface area contributed by atoms with E-state index in [9.17, 15) is 0 Å². The molecule has 1 nitrogen and oxygen atoms in total. The molecule has 1 N–H and O–H groups in total. The van der Waals surface area contributed by atoms with Crippen LogP contribution in [0, 0.1) is 11.8 Å². The van der Waals surface area contributed by atoms with Gasteiger partial charge in [0.2, 0.25) is 0 Å². The largest absolute Gasteiger partial charge is 0.307 e. The number of hydrogen-bond donors (Lipinski definition) is 1. The van der Waals surface area contributed by atoms with Crippen molar-refractivity contribution < 1.29 is 0 Å². The van der Waals surface area contributed by atoms with Crippen LogP contribution >= 0.6 is 34.5 Å². The van der Waals surface area contributed by atoms with Gasteiger partial charge in [0.05, 0.1) is 8.67 Å². The highest BCUT2D eigenvalue weighted by Gasteiger charge is 2.41. The summed E-state index contributed by atoms with van der Waals surface area (Å²) in [5.41, 5.74) is 1.16. The predicted molar refractivity (Wildman–Crippen MR) is 75.1 cm³/mol. The van der Waals surface area contributed by atoms with Gasteiger partial charge in [-0.1, -0.05) is 23.2 Å². The van der Waals surface area contributed by atoms with Crippen LogP contribution in [0.5, 0.6) is 0 Å². The molecule has 17 heavy (non-hydrogen) atoms. The lowest BCUT2D eigenvalue weighted by Gasteiger charge is -2.23. The van der Waals surface area contributed by atoms with E-state index in [-0.39, 0.29) is 0 Å². The lowest BCUT2D eigenvalue weighted by molar-refractivity contribution is 0.378. The number of thiophene rings is 1. The van der Waals surface area contributed by atoms with Crippen LogP contribution in [0.2, 0.25) is 8.67 Å². The molecule has 2 aliphatic carbocycles.